The fraction of sp³-hybridized carbons (Fsp3) is 0.786. The van der Waals surface area contributed by atoms with Gasteiger partial charge in [0.15, 0.2) is 0 Å². The molecule has 21 heavy (non-hydrogen) atoms. The summed E-state index contributed by atoms with van der Waals surface area (Å²) in [5.74, 6) is 0. The van der Waals surface area contributed by atoms with Crippen molar-refractivity contribution < 1.29 is 8.42 Å². The van der Waals surface area contributed by atoms with Crippen LogP contribution in [0.3, 0.4) is 0 Å². The maximum Gasteiger partial charge on any atom is 0.246 e. The largest absolute Gasteiger partial charge is 0.311 e. The molecule has 1 rings (SSSR count). The third-order valence-electron chi connectivity index (χ3n) is 3.77. The van der Waals surface area contributed by atoms with Gasteiger partial charge in [-0.15, -0.1) is 0 Å². The van der Waals surface area contributed by atoms with E-state index in [2.05, 4.69) is 22.4 Å². The second-order valence-corrected chi connectivity index (χ2v) is 7.23. The van der Waals surface area contributed by atoms with Crippen LogP contribution in [0.5, 0.6) is 0 Å². The lowest BCUT2D eigenvalue weighted by molar-refractivity contribution is 0.349. The number of sulfonamides is 1. The van der Waals surface area contributed by atoms with E-state index in [4.69, 9.17) is 0 Å². The van der Waals surface area contributed by atoms with Gasteiger partial charge in [-0.1, -0.05) is 20.8 Å². The number of hydrogen-bond donors (Lipinski definition) is 2. The Kier molecular flexibility index (Phi) is 6.83. The first kappa shape index (κ1) is 18.1. The van der Waals surface area contributed by atoms with Crippen LogP contribution in [-0.2, 0) is 16.6 Å². The summed E-state index contributed by atoms with van der Waals surface area (Å²) in [5, 5.41) is 10.2. The molecule has 1 heterocycles. The van der Waals surface area contributed by atoms with E-state index in [1.807, 2.05) is 13.8 Å². The van der Waals surface area contributed by atoms with Gasteiger partial charge in [0.05, 0.1) is 11.4 Å². The predicted octanol–water partition coefficient (Wildman–Crippen LogP) is 2.03. The van der Waals surface area contributed by atoms with E-state index >= 15 is 0 Å². The predicted molar refractivity (Wildman–Crippen MR) is 84.6 cm³/mol. The molecule has 1 aromatic rings. The summed E-state index contributed by atoms with van der Waals surface area (Å²) >= 11 is 0. The van der Waals surface area contributed by atoms with Gasteiger partial charge < -0.3 is 5.32 Å². The van der Waals surface area contributed by atoms with Crippen molar-refractivity contribution in [1.29, 1.82) is 0 Å². The Hall–Kier alpha value is -0.920. The first-order valence-electron chi connectivity index (χ1n) is 7.62. The molecule has 0 spiro atoms. The molecule has 0 saturated heterocycles. The third kappa shape index (κ3) is 4.05. The van der Waals surface area contributed by atoms with Gasteiger partial charge in [-0.05, 0) is 32.7 Å². The molecule has 0 aliphatic heterocycles. The smallest absolute Gasteiger partial charge is 0.246 e. The Balaban J connectivity index is 3.10. The zero-order valence-electron chi connectivity index (χ0n) is 13.7. The van der Waals surface area contributed by atoms with Crippen molar-refractivity contribution in [2.75, 3.05) is 13.6 Å². The summed E-state index contributed by atoms with van der Waals surface area (Å²) in [5.41, 5.74) is 1.17. The summed E-state index contributed by atoms with van der Waals surface area (Å²) in [6.45, 7) is 9.14. The first-order valence-corrected chi connectivity index (χ1v) is 9.06. The summed E-state index contributed by atoms with van der Waals surface area (Å²) in [7, 11) is -1.86. The summed E-state index contributed by atoms with van der Waals surface area (Å²) in [6, 6.07) is 0.0146. The fourth-order valence-corrected chi connectivity index (χ4v) is 4.28. The molecule has 0 aliphatic rings. The van der Waals surface area contributed by atoms with E-state index < -0.39 is 10.0 Å². The molecule has 0 saturated carbocycles. The number of rotatable bonds is 9. The average Bonchev–Trinajstić information content (AvgIpc) is 2.82. The van der Waals surface area contributed by atoms with Gasteiger partial charge in [-0.2, -0.15) is 9.40 Å². The summed E-state index contributed by atoms with van der Waals surface area (Å²) in [6.07, 6.45) is 2.60. The maximum atomic E-state index is 12.9. The standard InChI is InChI=1S/C14H28N4O2S/c1-6-9-15-10-13-14(11(4)16-17-13)21(19,20)18(5)12(7-2)8-3/h12,15H,6-10H2,1-5H3,(H,16,17). The number of H-pyrrole nitrogens is 1. The van der Waals surface area contributed by atoms with E-state index in [-0.39, 0.29) is 6.04 Å². The molecule has 122 valence electrons. The van der Waals surface area contributed by atoms with Gasteiger partial charge >= 0.3 is 0 Å². The van der Waals surface area contributed by atoms with Gasteiger partial charge in [0.1, 0.15) is 4.90 Å². The Morgan fingerprint density at radius 1 is 1.29 bits per heavy atom. The van der Waals surface area contributed by atoms with Crippen LogP contribution in [0.25, 0.3) is 0 Å². The van der Waals surface area contributed by atoms with Crippen LogP contribution in [0.1, 0.15) is 51.4 Å². The van der Waals surface area contributed by atoms with Crippen molar-refractivity contribution in [3.05, 3.63) is 11.4 Å². The van der Waals surface area contributed by atoms with Crippen molar-refractivity contribution in [2.24, 2.45) is 0 Å². The fourth-order valence-electron chi connectivity index (χ4n) is 2.46. The van der Waals surface area contributed by atoms with E-state index in [1.165, 1.54) is 4.31 Å². The Morgan fingerprint density at radius 3 is 2.43 bits per heavy atom. The lowest BCUT2D eigenvalue weighted by Gasteiger charge is -2.25. The lowest BCUT2D eigenvalue weighted by Crippen LogP contribution is -2.37. The van der Waals surface area contributed by atoms with Crippen LogP contribution in [0.2, 0.25) is 0 Å². The topological polar surface area (TPSA) is 78.1 Å². The summed E-state index contributed by atoms with van der Waals surface area (Å²) in [4.78, 5) is 0.320. The van der Waals surface area contributed by atoms with Crippen molar-refractivity contribution in [3.8, 4) is 0 Å². The van der Waals surface area contributed by atoms with Crippen LogP contribution in [-0.4, -0.2) is 42.6 Å². The van der Waals surface area contributed by atoms with Crippen LogP contribution < -0.4 is 5.32 Å². The van der Waals surface area contributed by atoms with E-state index in [1.54, 1.807) is 14.0 Å². The molecular weight excluding hydrogens is 288 g/mol. The molecule has 6 nitrogen and oxygen atoms in total. The minimum atomic E-state index is -3.52. The van der Waals surface area contributed by atoms with Gasteiger partial charge in [-0.3, -0.25) is 5.10 Å². The normalized spacial score (nSPS) is 12.5. The van der Waals surface area contributed by atoms with Crippen molar-refractivity contribution in [3.63, 3.8) is 0 Å². The average molecular weight is 316 g/mol. The zero-order valence-corrected chi connectivity index (χ0v) is 14.5. The monoisotopic (exact) mass is 316 g/mol. The molecular formula is C14H28N4O2S. The molecule has 1 aromatic heterocycles. The zero-order chi connectivity index (χ0) is 16.0. The quantitative estimate of drug-likeness (QED) is 0.683. The molecule has 0 unspecified atom stereocenters. The highest BCUT2D eigenvalue weighted by Gasteiger charge is 2.31. The third-order valence-corrected chi connectivity index (χ3v) is 5.89. The SMILES string of the molecule is CCCNCc1n[nH]c(C)c1S(=O)(=O)N(C)C(CC)CC. The molecule has 0 aliphatic carbocycles. The molecule has 7 heteroatoms. The highest BCUT2D eigenvalue weighted by Crippen LogP contribution is 2.24. The van der Waals surface area contributed by atoms with Crippen LogP contribution >= 0.6 is 0 Å². The Bertz CT molecular complexity index is 535. The van der Waals surface area contributed by atoms with Gasteiger partial charge in [0.2, 0.25) is 10.0 Å². The molecule has 2 N–H and O–H groups in total. The maximum absolute atomic E-state index is 12.9. The minimum Gasteiger partial charge on any atom is -0.311 e. The molecule has 0 radical (unpaired) electrons. The Labute approximate surface area is 128 Å². The molecule has 0 bridgehead atoms. The molecule has 0 aromatic carbocycles. The number of hydrogen-bond acceptors (Lipinski definition) is 4. The van der Waals surface area contributed by atoms with Crippen molar-refractivity contribution >= 4 is 10.0 Å². The highest BCUT2D eigenvalue weighted by molar-refractivity contribution is 7.89. The molecule has 0 atom stereocenters. The summed E-state index contributed by atoms with van der Waals surface area (Å²) < 4.78 is 27.2. The van der Waals surface area contributed by atoms with Crippen LogP contribution in [0.4, 0.5) is 0 Å². The minimum absolute atomic E-state index is 0.0146. The lowest BCUT2D eigenvalue weighted by atomic mass is 10.2. The van der Waals surface area contributed by atoms with Gasteiger partial charge in [0.25, 0.3) is 0 Å². The van der Waals surface area contributed by atoms with Gasteiger partial charge in [0, 0.05) is 19.6 Å². The van der Waals surface area contributed by atoms with Crippen molar-refractivity contribution in [2.45, 2.75) is 64.4 Å². The Morgan fingerprint density at radius 2 is 1.90 bits per heavy atom. The second-order valence-electron chi connectivity index (χ2n) is 5.29. The highest BCUT2D eigenvalue weighted by atomic mass is 32.2. The van der Waals surface area contributed by atoms with E-state index in [0.29, 0.717) is 22.8 Å². The number of aromatic nitrogens is 2. The van der Waals surface area contributed by atoms with Crippen LogP contribution in [0.15, 0.2) is 4.90 Å². The number of nitrogens with zero attached hydrogens (tertiary/aromatic N) is 2. The number of aromatic amines is 1. The van der Waals surface area contributed by atoms with E-state index in [0.717, 1.165) is 25.8 Å². The number of nitrogens with one attached hydrogen (secondary N) is 2. The second kappa shape index (κ2) is 7.91. The first-order chi connectivity index (χ1) is 9.89. The van der Waals surface area contributed by atoms with Crippen LogP contribution in [0, 0.1) is 6.92 Å². The van der Waals surface area contributed by atoms with Crippen molar-refractivity contribution in [1.82, 2.24) is 19.8 Å². The molecule has 0 amide bonds. The van der Waals surface area contributed by atoms with E-state index in [9.17, 15) is 8.42 Å². The molecule has 0 fully saturated rings. The van der Waals surface area contributed by atoms with Gasteiger partial charge in [-0.25, -0.2) is 8.42 Å². The number of aryl methyl sites for hydroxylation is 1.